The lowest BCUT2D eigenvalue weighted by molar-refractivity contribution is 0.711. The number of aromatic nitrogens is 2. The number of aryl methyl sites for hydroxylation is 1. The molecular formula is C22H24N2S. The highest BCUT2D eigenvalue weighted by Crippen LogP contribution is 2.36. The molecule has 0 atom stereocenters. The van der Waals surface area contributed by atoms with E-state index in [2.05, 4.69) is 66.1 Å². The molecule has 2 nitrogen and oxygen atoms in total. The fourth-order valence-electron chi connectivity index (χ4n) is 3.48. The van der Waals surface area contributed by atoms with Crippen molar-refractivity contribution in [2.75, 3.05) is 0 Å². The van der Waals surface area contributed by atoms with Crippen LogP contribution in [0.5, 0.6) is 0 Å². The van der Waals surface area contributed by atoms with Crippen molar-refractivity contribution < 1.29 is 0 Å². The van der Waals surface area contributed by atoms with E-state index < -0.39 is 0 Å². The average molecular weight is 349 g/mol. The Bertz CT molecular complexity index is 815. The molecule has 1 heterocycles. The van der Waals surface area contributed by atoms with E-state index in [1.54, 1.807) is 0 Å². The predicted molar refractivity (Wildman–Crippen MR) is 106 cm³/mol. The molecule has 0 amide bonds. The van der Waals surface area contributed by atoms with Gasteiger partial charge in [0.2, 0.25) is 0 Å². The molecule has 0 aliphatic heterocycles. The Morgan fingerprint density at radius 2 is 1.72 bits per heavy atom. The van der Waals surface area contributed by atoms with Crippen LogP contribution < -0.4 is 0 Å². The fourth-order valence-corrected chi connectivity index (χ4v) is 4.75. The topological polar surface area (TPSA) is 17.8 Å². The molecule has 0 unspecified atom stereocenters. The highest BCUT2D eigenvalue weighted by Gasteiger charge is 2.20. The summed E-state index contributed by atoms with van der Waals surface area (Å²) in [4.78, 5) is 4.80. The molecule has 0 N–H and O–H groups in total. The molecule has 1 aromatic heterocycles. The Hall–Kier alpha value is -2.00. The smallest absolute Gasteiger partial charge is 0.169 e. The monoisotopic (exact) mass is 348 g/mol. The lowest BCUT2D eigenvalue weighted by atomic mass is 10.1. The predicted octanol–water partition coefficient (Wildman–Crippen LogP) is 5.94. The Morgan fingerprint density at radius 1 is 1.00 bits per heavy atom. The van der Waals surface area contributed by atoms with Crippen LogP contribution in [0, 0.1) is 6.92 Å². The lowest BCUT2D eigenvalue weighted by Crippen LogP contribution is -2.06. The number of hydrogen-bond donors (Lipinski definition) is 0. The second-order valence-electron chi connectivity index (χ2n) is 6.89. The molecule has 0 saturated heterocycles. The Morgan fingerprint density at radius 3 is 2.44 bits per heavy atom. The first-order valence-corrected chi connectivity index (χ1v) is 10.0. The van der Waals surface area contributed by atoms with Gasteiger partial charge in [0.25, 0.3) is 0 Å². The van der Waals surface area contributed by atoms with Crippen molar-refractivity contribution in [3.05, 3.63) is 71.9 Å². The maximum absolute atomic E-state index is 4.80. The SMILES string of the molecule is Cc1ccc(-c2cnc(SC3CCCC3)n2Cc2ccccc2)cc1. The molecule has 3 heteroatoms. The van der Waals surface area contributed by atoms with Crippen molar-refractivity contribution in [3.8, 4) is 11.3 Å². The second-order valence-corrected chi connectivity index (χ2v) is 8.16. The summed E-state index contributed by atoms with van der Waals surface area (Å²) in [6, 6.07) is 19.5. The molecule has 4 rings (SSSR count). The lowest BCUT2D eigenvalue weighted by Gasteiger charge is -2.14. The first kappa shape index (κ1) is 16.5. The van der Waals surface area contributed by atoms with Gasteiger partial charge in [-0.25, -0.2) is 4.98 Å². The molecule has 1 aliphatic carbocycles. The molecule has 1 fully saturated rings. The molecule has 0 radical (unpaired) electrons. The van der Waals surface area contributed by atoms with Crippen molar-refractivity contribution in [3.63, 3.8) is 0 Å². The first-order valence-electron chi connectivity index (χ1n) is 9.13. The highest BCUT2D eigenvalue weighted by molar-refractivity contribution is 7.99. The van der Waals surface area contributed by atoms with Gasteiger partial charge in [0, 0.05) is 5.25 Å². The summed E-state index contributed by atoms with van der Waals surface area (Å²) >= 11 is 1.97. The van der Waals surface area contributed by atoms with Crippen molar-refractivity contribution in [2.24, 2.45) is 0 Å². The molecule has 1 aliphatic rings. The van der Waals surface area contributed by atoms with Gasteiger partial charge < -0.3 is 4.57 Å². The van der Waals surface area contributed by atoms with Crippen LogP contribution in [0.15, 0.2) is 66.0 Å². The van der Waals surface area contributed by atoms with E-state index >= 15 is 0 Å². The Labute approximate surface area is 154 Å². The van der Waals surface area contributed by atoms with E-state index in [4.69, 9.17) is 4.98 Å². The largest absolute Gasteiger partial charge is 0.314 e. The van der Waals surface area contributed by atoms with Crippen LogP contribution in [-0.4, -0.2) is 14.8 Å². The number of imidazole rings is 1. The average Bonchev–Trinajstić information content (AvgIpc) is 3.28. The van der Waals surface area contributed by atoms with Crippen molar-refractivity contribution >= 4 is 11.8 Å². The highest BCUT2D eigenvalue weighted by atomic mass is 32.2. The maximum Gasteiger partial charge on any atom is 0.169 e. The number of hydrogen-bond acceptors (Lipinski definition) is 2. The summed E-state index contributed by atoms with van der Waals surface area (Å²) in [6.45, 7) is 3.01. The van der Waals surface area contributed by atoms with Gasteiger partial charge >= 0.3 is 0 Å². The van der Waals surface area contributed by atoms with Crippen molar-refractivity contribution in [2.45, 2.75) is 49.6 Å². The summed E-state index contributed by atoms with van der Waals surface area (Å²) in [7, 11) is 0. The fraction of sp³-hybridized carbons (Fsp3) is 0.318. The molecule has 3 aromatic rings. The molecule has 2 aromatic carbocycles. The van der Waals surface area contributed by atoms with E-state index in [-0.39, 0.29) is 0 Å². The van der Waals surface area contributed by atoms with Crippen LogP contribution in [0.4, 0.5) is 0 Å². The van der Waals surface area contributed by atoms with Gasteiger partial charge in [0.15, 0.2) is 5.16 Å². The zero-order chi connectivity index (χ0) is 17.1. The van der Waals surface area contributed by atoms with Gasteiger partial charge in [-0.1, -0.05) is 84.8 Å². The summed E-state index contributed by atoms with van der Waals surface area (Å²) < 4.78 is 2.39. The van der Waals surface area contributed by atoms with Crippen molar-refractivity contribution in [1.29, 1.82) is 0 Å². The van der Waals surface area contributed by atoms with Crippen LogP contribution in [-0.2, 0) is 6.54 Å². The molecule has 1 saturated carbocycles. The minimum absolute atomic E-state index is 0.725. The van der Waals surface area contributed by atoms with E-state index in [0.717, 1.165) is 17.0 Å². The van der Waals surface area contributed by atoms with Gasteiger partial charge in [0.05, 0.1) is 18.4 Å². The minimum atomic E-state index is 0.725. The summed E-state index contributed by atoms with van der Waals surface area (Å²) in [5, 5.41) is 1.88. The van der Waals surface area contributed by atoms with Gasteiger partial charge in [0.1, 0.15) is 0 Å². The summed E-state index contributed by atoms with van der Waals surface area (Å²) in [6.07, 6.45) is 7.42. The molecular weight excluding hydrogens is 324 g/mol. The van der Waals surface area contributed by atoms with Gasteiger partial charge in [-0.05, 0) is 30.9 Å². The van der Waals surface area contributed by atoms with E-state index in [1.165, 1.54) is 48.1 Å². The third-order valence-corrected chi connectivity index (χ3v) is 6.27. The first-order chi connectivity index (χ1) is 12.3. The zero-order valence-corrected chi connectivity index (χ0v) is 15.5. The van der Waals surface area contributed by atoms with E-state index in [9.17, 15) is 0 Å². The summed E-state index contributed by atoms with van der Waals surface area (Å²) in [5.41, 5.74) is 5.07. The zero-order valence-electron chi connectivity index (χ0n) is 14.7. The van der Waals surface area contributed by atoms with Crippen LogP contribution in [0.3, 0.4) is 0 Å². The maximum atomic E-state index is 4.80. The van der Waals surface area contributed by atoms with Gasteiger partial charge in [-0.3, -0.25) is 0 Å². The Kier molecular flexibility index (Phi) is 4.93. The standard InChI is InChI=1S/C22H24N2S/c1-17-11-13-19(14-12-17)21-15-23-22(25-20-9-5-6-10-20)24(21)16-18-7-3-2-4-8-18/h2-4,7-8,11-15,20H,5-6,9-10,16H2,1H3. The number of benzene rings is 2. The summed E-state index contributed by atoms with van der Waals surface area (Å²) in [5.74, 6) is 0. The molecule has 0 bridgehead atoms. The number of nitrogens with zero attached hydrogens (tertiary/aromatic N) is 2. The van der Waals surface area contributed by atoms with Gasteiger partial charge in [-0.2, -0.15) is 0 Å². The van der Waals surface area contributed by atoms with Crippen LogP contribution >= 0.6 is 11.8 Å². The van der Waals surface area contributed by atoms with Crippen LogP contribution in [0.1, 0.15) is 36.8 Å². The van der Waals surface area contributed by atoms with Gasteiger partial charge in [-0.15, -0.1) is 0 Å². The number of thioether (sulfide) groups is 1. The van der Waals surface area contributed by atoms with E-state index in [1.807, 2.05) is 18.0 Å². The minimum Gasteiger partial charge on any atom is -0.314 e. The van der Waals surface area contributed by atoms with Crippen LogP contribution in [0.25, 0.3) is 11.3 Å². The third-order valence-electron chi connectivity index (χ3n) is 4.92. The molecule has 0 spiro atoms. The van der Waals surface area contributed by atoms with E-state index in [0.29, 0.717) is 0 Å². The molecule has 25 heavy (non-hydrogen) atoms. The third kappa shape index (κ3) is 3.82. The molecule has 128 valence electrons. The Balaban J connectivity index is 1.69. The van der Waals surface area contributed by atoms with Crippen LogP contribution in [0.2, 0.25) is 0 Å². The van der Waals surface area contributed by atoms with Crippen molar-refractivity contribution in [1.82, 2.24) is 9.55 Å². The normalized spacial score (nSPS) is 14.9. The number of rotatable bonds is 5. The quantitative estimate of drug-likeness (QED) is 0.568. The second kappa shape index (κ2) is 7.49.